The Morgan fingerprint density at radius 1 is 1.50 bits per heavy atom. The molecule has 3 nitrogen and oxygen atoms in total. The average molecular weight is 172 g/mol. The number of aliphatic hydroxyl groups is 1. The molecule has 0 saturated carbocycles. The van der Waals surface area contributed by atoms with E-state index in [1.165, 1.54) is 0 Å². The van der Waals surface area contributed by atoms with Crippen LogP contribution in [-0.4, -0.2) is 35.6 Å². The maximum absolute atomic E-state index is 9.00. The number of epoxide rings is 1. The predicted molar refractivity (Wildman–Crippen MR) is 44.0 cm³/mol. The van der Waals surface area contributed by atoms with Crippen molar-refractivity contribution in [3.8, 4) is 0 Å². The van der Waals surface area contributed by atoms with E-state index >= 15 is 0 Å². The van der Waals surface area contributed by atoms with Crippen LogP contribution < -0.4 is 0 Å². The number of hydrogen-bond donors (Lipinski definition) is 1. The third-order valence-corrected chi connectivity index (χ3v) is 2.59. The Balaban J connectivity index is 2.06. The number of rotatable bonds is 1. The van der Waals surface area contributed by atoms with E-state index in [9.17, 15) is 0 Å². The lowest BCUT2D eigenvalue weighted by Crippen LogP contribution is -2.45. The van der Waals surface area contributed by atoms with Gasteiger partial charge in [-0.15, -0.1) is 0 Å². The van der Waals surface area contributed by atoms with Crippen LogP contribution in [-0.2, 0) is 9.47 Å². The van der Waals surface area contributed by atoms with Crippen LogP contribution in [0.1, 0.15) is 26.7 Å². The van der Waals surface area contributed by atoms with Crippen LogP contribution in [0.15, 0.2) is 0 Å². The maximum Gasteiger partial charge on any atom is 0.0969 e. The molecule has 0 amide bonds. The highest BCUT2D eigenvalue weighted by Gasteiger charge is 2.53. The third-order valence-electron chi connectivity index (χ3n) is 2.59. The van der Waals surface area contributed by atoms with Gasteiger partial charge in [0.25, 0.3) is 0 Å². The van der Waals surface area contributed by atoms with Crippen LogP contribution in [0.2, 0.25) is 0 Å². The quantitative estimate of drug-likeness (QED) is 0.592. The SMILES string of the molecule is CC1(C)CC2(CO2)C[C@@H](CO)O1. The lowest BCUT2D eigenvalue weighted by atomic mass is 9.86. The van der Waals surface area contributed by atoms with Crippen LogP contribution in [0.3, 0.4) is 0 Å². The molecule has 2 heterocycles. The third kappa shape index (κ3) is 1.49. The van der Waals surface area contributed by atoms with E-state index in [2.05, 4.69) is 13.8 Å². The van der Waals surface area contributed by atoms with Crippen LogP contribution in [0.25, 0.3) is 0 Å². The molecule has 2 fully saturated rings. The molecular formula is C9H16O3. The van der Waals surface area contributed by atoms with Crippen LogP contribution in [0, 0.1) is 0 Å². The zero-order valence-electron chi connectivity index (χ0n) is 7.67. The van der Waals surface area contributed by atoms with Crippen molar-refractivity contribution in [1.82, 2.24) is 0 Å². The topological polar surface area (TPSA) is 42.0 Å². The van der Waals surface area contributed by atoms with Gasteiger partial charge in [-0.3, -0.25) is 0 Å². The number of ether oxygens (including phenoxy) is 2. The van der Waals surface area contributed by atoms with E-state index in [1.807, 2.05) is 0 Å². The molecular weight excluding hydrogens is 156 g/mol. The molecule has 0 aliphatic carbocycles. The first-order valence-corrected chi connectivity index (χ1v) is 4.48. The van der Waals surface area contributed by atoms with Crippen molar-refractivity contribution in [2.75, 3.05) is 13.2 Å². The lowest BCUT2D eigenvalue weighted by molar-refractivity contribution is -0.144. The summed E-state index contributed by atoms with van der Waals surface area (Å²) in [6, 6.07) is 0. The summed E-state index contributed by atoms with van der Waals surface area (Å²) in [7, 11) is 0. The maximum atomic E-state index is 9.00. The fourth-order valence-corrected chi connectivity index (χ4v) is 2.22. The van der Waals surface area contributed by atoms with E-state index in [4.69, 9.17) is 14.6 Å². The minimum atomic E-state index is -0.137. The predicted octanol–water partition coefficient (Wildman–Crippen LogP) is 0.705. The summed E-state index contributed by atoms with van der Waals surface area (Å²) in [6.07, 6.45) is 1.78. The number of hydrogen-bond acceptors (Lipinski definition) is 3. The highest BCUT2D eigenvalue weighted by atomic mass is 16.6. The molecule has 2 aliphatic rings. The summed E-state index contributed by atoms with van der Waals surface area (Å²) < 4.78 is 11.1. The monoisotopic (exact) mass is 172 g/mol. The van der Waals surface area contributed by atoms with Crippen molar-refractivity contribution < 1.29 is 14.6 Å². The molecule has 0 aromatic rings. The fraction of sp³-hybridized carbons (Fsp3) is 1.00. The smallest absolute Gasteiger partial charge is 0.0969 e. The molecule has 3 heteroatoms. The molecule has 1 unspecified atom stereocenters. The summed E-state index contributed by atoms with van der Waals surface area (Å²) in [6.45, 7) is 5.06. The Hall–Kier alpha value is -0.120. The van der Waals surface area contributed by atoms with Gasteiger partial charge in [0.05, 0.1) is 30.5 Å². The van der Waals surface area contributed by atoms with Crippen molar-refractivity contribution in [1.29, 1.82) is 0 Å². The van der Waals surface area contributed by atoms with E-state index in [0.29, 0.717) is 0 Å². The van der Waals surface area contributed by atoms with Gasteiger partial charge in [0.1, 0.15) is 0 Å². The van der Waals surface area contributed by atoms with Crippen LogP contribution in [0.5, 0.6) is 0 Å². The Kier molecular flexibility index (Phi) is 1.72. The van der Waals surface area contributed by atoms with Gasteiger partial charge in [0.15, 0.2) is 0 Å². The van der Waals surface area contributed by atoms with Crippen molar-refractivity contribution in [3.63, 3.8) is 0 Å². The molecule has 2 atom stereocenters. The second-order valence-corrected chi connectivity index (χ2v) is 4.53. The highest BCUT2D eigenvalue weighted by molar-refractivity contribution is 5.02. The first-order valence-electron chi connectivity index (χ1n) is 4.48. The minimum absolute atomic E-state index is 0.0313. The van der Waals surface area contributed by atoms with Crippen molar-refractivity contribution >= 4 is 0 Å². The molecule has 0 aromatic carbocycles. The summed E-state index contributed by atoms with van der Waals surface area (Å²) in [5.74, 6) is 0. The fourth-order valence-electron chi connectivity index (χ4n) is 2.22. The Morgan fingerprint density at radius 3 is 2.67 bits per heavy atom. The molecule has 2 rings (SSSR count). The largest absolute Gasteiger partial charge is 0.394 e. The summed E-state index contributed by atoms with van der Waals surface area (Å²) in [5.41, 5.74) is -0.0860. The van der Waals surface area contributed by atoms with Gasteiger partial charge >= 0.3 is 0 Å². The first-order chi connectivity index (χ1) is 5.55. The van der Waals surface area contributed by atoms with Crippen molar-refractivity contribution in [3.05, 3.63) is 0 Å². The van der Waals surface area contributed by atoms with E-state index < -0.39 is 0 Å². The second kappa shape index (κ2) is 2.44. The standard InChI is InChI=1S/C9H16O3/c1-8(2)5-9(6-11-9)3-7(4-10)12-8/h7,10H,3-6H2,1-2H3/t7-,9?/m0/s1. The van der Waals surface area contributed by atoms with Gasteiger partial charge < -0.3 is 14.6 Å². The van der Waals surface area contributed by atoms with Gasteiger partial charge in [-0.05, 0) is 13.8 Å². The van der Waals surface area contributed by atoms with Crippen LogP contribution in [0.4, 0.5) is 0 Å². The van der Waals surface area contributed by atoms with E-state index in [-0.39, 0.29) is 23.9 Å². The highest BCUT2D eigenvalue weighted by Crippen LogP contribution is 2.45. The minimum Gasteiger partial charge on any atom is -0.394 e. The Labute approximate surface area is 72.7 Å². The molecule has 0 aromatic heterocycles. The second-order valence-electron chi connectivity index (χ2n) is 4.53. The Bertz CT molecular complexity index is 178. The van der Waals surface area contributed by atoms with Gasteiger partial charge in [-0.1, -0.05) is 0 Å². The lowest BCUT2D eigenvalue weighted by Gasteiger charge is -2.38. The van der Waals surface area contributed by atoms with Crippen LogP contribution >= 0.6 is 0 Å². The van der Waals surface area contributed by atoms with E-state index in [1.54, 1.807) is 0 Å². The van der Waals surface area contributed by atoms with Gasteiger partial charge in [0, 0.05) is 12.8 Å². The molecule has 12 heavy (non-hydrogen) atoms. The molecule has 0 radical (unpaired) electrons. The van der Waals surface area contributed by atoms with Gasteiger partial charge in [0.2, 0.25) is 0 Å². The van der Waals surface area contributed by atoms with Crippen molar-refractivity contribution in [2.24, 2.45) is 0 Å². The molecule has 0 bridgehead atoms. The summed E-state index contributed by atoms with van der Waals surface area (Å²) in [4.78, 5) is 0. The normalized spacial score (nSPS) is 44.8. The average Bonchev–Trinajstić information content (AvgIpc) is 2.65. The zero-order chi connectivity index (χ0) is 8.82. The summed E-state index contributed by atoms with van der Waals surface area (Å²) >= 11 is 0. The molecule has 2 aliphatic heterocycles. The van der Waals surface area contributed by atoms with E-state index in [0.717, 1.165) is 19.4 Å². The van der Waals surface area contributed by atoms with Gasteiger partial charge in [-0.25, -0.2) is 0 Å². The molecule has 1 N–H and O–H groups in total. The summed E-state index contributed by atoms with van der Waals surface area (Å²) in [5, 5.41) is 9.00. The number of aliphatic hydroxyl groups excluding tert-OH is 1. The molecule has 1 spiro atoms. The van der Waals surface area contributed by atoms with Gasteiger partial charge in [-0.2, -0.15) is 0 Å². The molecule has 70 valence electrons. The molecule has 2 saturated heterocycles. The first kappa shape index (κ1) is 8.48. The Morgan fingerprint density at radius 2 is 2.17 bits per heavy atom. The zero-order valence-corrected chi connectivity index (χ0v) is 7.67. The van der Waals surface area contributed by atoms with Crippen molar-refractivity contribution in [2.45, 2.75) is 44.0 Å².